The summed E-state index contributed by atoms with van der Waals surface area (Å²) in [6, 6.07) is 6.96. The van der Waals surface area contributed by atoms with E-state index in [4.69, 9.17) is 0 Å². The van der Waals surface area contributed by atoms with Crippen LogP contribution in [-0.2, 0) is 10.0 Å². The first-order valence-corrected chi connectivity index (χ1v) is 11.5. The molecule has 31 heavy (non-hydrogen) atoms. The van der Waals surface area contributed by atoms with Gasteiger partial charge in [0.25, 0.3) is 5.69 Å². The van der Waals surface area contributed by atoms with Crippen molar-refractivity contribution in [2.45, 2.75) is 4.90 Å². The SMILES string of the molecule is CN1CCN(c2cc(N3CCN(S(=O)(=O)c4ccc([N+](=O)[O-])cc4)CC3)ncn2)CC1. The summed E-state index contributed by atoms with van der Waals surface area (Å²) < 4.78 is 27.2. The van der Waals surface area contributed by atoms with Crippen LogP contribution >= 0.6 is 0 Å². The summed E-state index contributed by atoms with van der Waals surface area (Å²) in [6.45, 7) is 5.43. The number of non-ortho nitro benzene ring substituents is 1. The van der Waals surface area contributed by atoms with Gasteiger partial charge in [0.1, 0.15) is 18.0 Å². The standard InChI is InChI=1S/C19H25N7O4S/c1-22-6-8-23(9-7-22)18-14-19(21-15-20-18)24-10-12-25(13-11-24)31(29,30)17-4-2-16(3-5-17)26(27)28/h2-5,14-15H,6-13H2,1H3. The quantitative estimate of drug-likeness (QED) is 0.481. The van der Waals surface area contributed by atoms with Crippen LogP contribution in [0.4, 0.5) is 17.3 Å². The van der Waals surface area contributed by atoms with Gasteiger partial charge in [0.05, 0.1) is 9.82 Å². The summed E-state index contributed by atoms with van der Waals surface area (Å²) in [5.74, 6) is 1.68. The molecule has 0 spiro atoms. The van der Waals surface area contributed by atoms with E-state index in [2.05, 4.69) is 31.7 Å². The Morgan fingerprint density at radius 2 is 1.39 bits per heavy atom. The molecule has 0 aliphatic carbocycles. The summed E-state index contributed by atoms with van der Waals surface area (Å²) in [5.41, 5.74) is -0.135. The summed E-state index contributed by atoms with van der Waals surface area (Å²) in [7, 11) is -1.60. The van der Waals surface area contributed by atoms with Crippen molar-refractivity contribution in [2.24, 2.45) is 0 Å². The molecule has 0 unspecified atom stereocenters. The van der Waals surface area contributed by atoms with Crippen molar-refractivity contribution in [3.8, 4) is 0 Å². The number of likely N-dealkylation sites (N-methyl/N-ethyl adjacent to an activating group) is 1. The van der Waals surface area contributed by atoms with Gasteiger partial charge in [-0.1, -0.05) is 0 Å². The van der Waals surface area contributed by atoms with Gasteiger partial charge in [-0.2, -0.15) is 4.31 Å². The van der Waals surface area contributed by atoms with E-state index >= 15 is 0 Å². The number of anilines is 2. The number of benzene rings is 1. The van der Waals surface area contributed by atoms with Gasteiger partial charge in [-0.25, -0.2) is 18.4 Å². The van der Waals surface area contributed by atoms with E-state index in [1.54, 1.807) is 6.33 Å². The van der Waals surface area contributed by atoms with E-state index in [-0.39, 0.29) is 10.6 Å². The van der Waals surface area contributed by atoms with E-state index in [0.29, 0.717) is 26.2 Å². The lowest BCUT2D eigenvalue weighted by atomic mass is 10.3. The maximum atomic E-state index is 12.9. The van der Waals surface area contributed by atoms with Crippen molar-refractivity contribution in [1.29, 1.82) is 0 Å². The van der Waals surface area contributed by atoms with Crippen molar-refractivity contribution in [3.05, 3.63) is 46.8 Å². The van der Waals surface area contributed by atoms with Crippen LogP contribution in [0.15, 0.2) is 41.6 Å². The molecule has 0 N–H and O–H groups in total. The number of nitrogens with zero attached hydrogens (tertiary/aromatic N) is 7. The average molecular weight is 448 g/mol. The maximum Gasteiger partial charge on any atom is 0.269 e. The second-order valence-electron chi connectivity index (χ2n) is 7.67. The molecule has 2 saturated heterocycles. The van der Waals surface area contributed by atoms with Crippen LogP contribution in [0.3, 0.4) is 0 Å². The van der Waals surface area contributed by atoms with E-state index in [9.17, 15) is 18.5 Å². The third kappa shape index (κ3) is 4.60. The summed E-state index contributed by atoms with van der Waals surface area (Å²) in [4.78, 5) is 25.7. The van der Waals surface area contributed by atoms with Gasteiger partial charge < -0.3 is 14.7 Å². The summed E-state index contributed by atoms with van der Waals surface area (Å²) >= 11 is 0. The normalized spacial score (nSPS) is 18.9. The predicted molar refractivity (Wildman–Crippen MR) is 116 cm³/mol. The summed E-state index contributed by atoms with van der Waals surface area (Å²) in [6.07, 6.45) is 1.56. The molecule has 2 aliphatic rings. The molecule has 166 valence electrons. The molecule has 0 bridgehead atoms. The Morgan fingerprint density at radius 1 is 0.871 bits per heavy atom. The molecule has 0 saturated carbocycles. The molecule has 4 rings (SSSR count). The molecule has 0 radical (unpaired) electrons. The molecule has 0 atom stereocenters. The number of rotatable bonds is 5. The number of sulfonamides is 1. The molecule has 12 heteroatoms. The number of aromatic nitrogens is 2. The minimum Gasteiger partial charge on any atom is -0.354 e. The first-order valence-electron chi connectivity index (χ1n) is 10.1. The molecule has 1 aromatic heterocycles. The Hall–Kier alpha value is -2.83. The predicted octanol–water partition coefficient (Wildman–Crippen LogP) is 0.648. The first kappa shape index (κ1) is 21.4. The Morgan fingerprint density at radius 3 is 1.90 bits per heavy atom. The van der Waals surface area contributed by atoms with E-state index in [1.165, 1.54) is 28.6 Å². The fourth-order valence-corrected chi connectivity index (χ4v) is 5.19. The lowest BCUT2D eigenvalue weighted by molar-refractivity contribution is -0.384. The van der Waals surface area contributed by atoms with Crippen LogP contribution in [0.25, 0.3) is 0 Å². The highest BCUT2D eigenvalue weighted by Crippen LogP contribution is 2.24. The van der Waals surface area contributed by atoms with Crippen molar-refractivity contribution in [2.75, 3.05) is 69.2 Å². The highest BCUT2D eigenvalue weighted by atomic mass is 32.2. The largest absolute Gasteiger partial charge is 0.354 e. The number of nitro benzene ring substituents is 1. The van der Waals surface area contributed by atoms with Gasteiger partial charge in [-0.15, -0.1) is 0 Å². The van der Waals surface area contributed by atoms with Crippen LogP contribution in [0.5, 0.6) is 0 Å². The van der Waals surface area contributed by atoms with Crippen LogP contribution in [-0.4, -0.2) is 91.9 Å². The smallest absolute Gasteiger partial charge is 0.269 e. The van der Waals surface area contributed by atoms with Crippen molar-refractivity contribution in [1.82, 2.24) is 19.2 Å². The Labute approximate surface area is 181 Å². The van der Waals surface area contributed by atoms with Crippen molar-refractivity contribution in [3.63, 3.8) is 0 Å². The number of hydrogen-bond acceptors (Lipinski definition) is 9. The molecule has 2 fully saturated rings. The fourth-order valence-electron chi connectivity index (χ4n) is 3.77. The fraction of sp³-hybridized carbons (Fsp3) is 0.474. The van der Waals surface area contributed by atoms with Crippen molar-refractivity contribution < 1.29 is 13.3 Å². The molecule has 3 heterocycles. The molecular weight excluding hydrogens is 422 g/mol. The lowest BCUT2D eigenvalue weighted by Crippen LogP contribution is -2.49. The topological polar surface area (TPSA) is 116 Å². The second-order valence-corrected chi connectivity index (χ2v) is 9.60. The summed E-state index contributed by atoms with van der Waals surface area (Å²) in [5, 5.41) is 10.8. The third-order valence-electron chi connectivity index (χ3n) is 5.71. The first-order chi connectivity index (χ1) is 14.8. The zero-order valence-electron chi connectivity index (χ0n) is 17.3. The maximum absolute atomic E-state index is 12.9. The van der Waals surface area contributed by atoms with E-state index < -0.39 is 14.9 Å². The highest BCUT2D eigenvalue weighted by Gasteiger charge is 2.29. The van der Waals surface area contributed by atoms with Crippen LogP contribution in [0, 0.1) is 10.1 Å². The Kier molecular flexibility index (Phi) is 6.03. The molecule has 2 aliphatic heterocycles. The van der Waals surface area contributed by atoms with Gasteiger partial charge in [0.2, 0.25) is 10.0 Å². The molecule has 2 aromatic rings. The second kappa shape index (κ2) is 8.73. The van der Waals surface area contributed by atoms with Gasteiger partial charge in [-0.05, 0) is 19.2 Å². The Balaban J connectivity index is 1.41. The van der Waals surface area contributed by atoms with Gasteiger partial charge >= 0.3 is 0 Å². The third-order valence-corrected chi connectivity index (χ3v) is 7.63. The number of nitro groups is 1. The van der Waals surface area contributed by atoms with Crippen molar-refractivity contribution >= 4 is 27.3 Å². The number of piperazine rings is 2. The molecule has 11 nitrogen and oxygen atoms in total. The minimum atomic E-state index is -3.70. The van der Waals surface area contributed by atoms with Gasteiger partial charge in [0, 0.05) is 70.6 Å². The van der Waals surface area contributed by atoms with E-state index in [1.807, 2.05) is 6.07 Å². The highest BCUT2D eigenvalue weighted by molar-refractivity contribution is 7.89. The zero-order valence-corrected chi connectivity index (χ0v) is 18.1. The molecule has 0 amide bonds. The zero-order chi connectivity index (χ0) is 22.0. The van der Waals surface area contributed by atoms with Gasteiger partial charge in [0.15, 0.2) is 0 Å². The Bertz CT molecular complexity index is 1030. The monoisotopic (exact) mass is 447 g/mol. The van der Waals surface area contributed by atoms with Crippen LogP contribution in [0.2, 0.25) is 0 Å². The average Bonchev–Trinajstić information content (AvgIpc) is 2.80. The molecular formula is C19H25N7O4S. The van der Waals surface area contributed by atoms with Crippen LogP contribution < -0.4 is 9.80 Å². The van der Waals surface area contributed by atoms with Crippen LogP contribution in [0.1, 0.15) is 0 Å². The van der Waals surface area contributed by atoms with Gasteiger partial charge in [-0.3, -0.25) is 10.1 Å². The molecule has 1 aromatic carbocycles. The number of hydrogen-bond donors (Lipinski definition) is 0. The lowest BCUT2D eigenvalue weighted by Gasteiger charge is -2.36. The minimum absolute atomic E-state index is 0.0611. The van der Waals surface area contributed by atoms with E-state index in [0.717, 1.165) is 37.8 Å².